The van der Waals surface area contributed by atoms with Crippen LogP contribution in [-0.2, 0) is 9.53 Å². The summed E-state index contributed by atoms with van der Waals surface area (Å²) in [4.78, 5) is 18.2. The molecule has 2 heterocycles. The summed E-state index contributed by atoms with van der Waals surface area (Å²) in [5.74, 6) is 0.826. The summed E-state index contributed by atoms with van der Waals surface area (Å²) >= 11 is 0. The fourth-order valence-electron chi connectivity index (χ4n) is 2.57. The zero-order chi connectivity index (χ0) is 14.2. The molecular formula is C14H27IN4O2. The first-order chi connectivity index (χ1) is 9.79. The van der Waals surface area contributed by atoms with Crippen molar-refractivity contribution in [2.24, 2.45) is 4.99 Å². The largest absolute Gasteiger partial charge is 0.376 e. The number of nitrogens with one attached hydrogen (secondary N) is 2. The van der Waals surface area contributed by atoms with Gasteiger partial charge in [-0.1, -0.05) is 0 Å². The molecule has 0 saturated carbocycles. The number of rotatable bonds is 5. The monoisotopic (exact) mass is 410 g/mol. The lowest BCUT2D eigenvalue weighted by Gasteiger charge is -2.16. The molecule has 1 amide bonds. The molecule has 0 aromatic carbocycles. The molecule has 2 aliphatic heterocycles. The summed E-state index contributed by atoms with van der Waals surface area (Å²) in [5, 5.41) is 6.42. The van der Waals surface area contributed by atoms with Crippen LogP contribution in [0.2, 0.25) is 0 Å². The van der Waals surface area contributed by atoms with Gasteiger partial charge >= 0.3 is 0 Å². The van der Waals surface area contributed by atoms with E-state index in [0.717, 1.165) is 58.5 Å². The van der Waals surface area contributed by atoms with Crippen LogP contribution in [0.3, 0.4) is 0 Å². The molecular weight excluding hydrogens is 383 g/mol. The Hall–Kier alpha value is -0.570. The summed E-state index contributed by atoms with van der Waals surface area (Å²) in [6, 6.07) is 0. The Labute approximate surface area is 144 Å². The number of nitrogens with zero attached hydrogens (tertiary/aromatic N) is 2. The van der Waals surface area contributed by atoms with Crippen LogP contribution in [0.15, 0.2) is 4.99 Å². The van der Waals surface area contributed by atoms with Gasteiger partial charge in [0.15, 0.2) is 5.96 Å². The maximum absolute atomic E-state index is 12.0. The molecule has 2 N–H and O–H groups in total. The second kappa shape index (κ2) is 10.2. The smallest absolute Gasteiger partial charge is 0.244 e. The zero-order valence-corrected chi connectivity index (χ0v) is 15.1. The van der Waals surface area contributed by atoms with E-state index < -0.39 is 0 Å². The number of carbonyl (C=O) groups is 1. The average Bonchev–Trinajstić information content (AvgIpc) is 3.13. The number of carbonyl (C=O) groups excluding carboxylic acids is 1. The molecule has 0 aliphatic carbocycles. The zero-order valence-electron chi connectivity index (χ0n) is 12.8. The van der Waals surface area contributed by atoms with E-state index >= 15 is 0 Å². The third-order valence-electron chi connectivity index (χ3n) is 3.70. The third kappa shape index (κ3) is 6.37. The van der Waals surface area contributed by atoms with E-state index in [0.29, 0.717) is 5.96 Å². The molecule has 1 atom stereocenters. The predicted octanol–water partition coefficient (Wildman–Crippen LogP) is 0.961. The number of aliphatic imine (C=N–C) groups is 1. The standard InChI is InChI=1S/C14H26N4O2.HI/c1-2-15-14(16-10-12-6-5-9-20-12)17-11-13(19)18-7-3-4-8-18;/h12H,2-11H2,1H3,(H2,15,16,17);1H. The quantitative estimate of drug-likeness (QED) is 0.403. The lowest BCUT2D eigenvalue weighted by Crippen LogP contribution is -2.42. The Balaban J connectivity index is 0.00000220. The molecule has 6 nitrogen and oxygen atoms in total. The number of guanidine groups is 1. The first-order valence-corrected chi connectivity index (χ1v) is 7.71. The van der Waals surface area contributed by atoms with Crippen LogP contribution < -0.4 is 10.6 Å². The van der Waals surface area contributed by atoms with E-state index in [1.807, 2.05) is 11.8 Å². The van der Waals surface area contributed by atoms with Gasteiger partial charge in [-0.15, -0.1) is 24.0 Å². The van der Waals surface area contributed by atoms with Crippen molar-refractivity contribution < 1.29 is 9.53 Å². The molecule has 122 valence electrons. The SMILES string of the molecule is CCNC(=NCC(=O)N1CCCC1)NCC1CCCO1.I. The predicted molar refractivity (Wildman–Crippen MR) is 94.2 cm³/mol. The molecule has 2 rings (SSSR count). The topological polar surface area (TPSA) is 66.0 Å². The van der Waals surface area contributed by atoms with Gasteiger partial charge in [0, 0.05) is 32.8 Å². The van der Waals surface area contributed by atoms with Crippen LogP contribution in [0, 0.1) is 0 Å². The lowest BCUT2D eigenvalue weighted by molar-refractivity contribution is -0.128. The molecule has 0 radical (unpaired) electrons. The summed E-state index contributed by atoms with van der Waals surface area (Å²) < 4.78 is 5.57. The second-order valence-electron chi connectivity index (χ2n) is 5.30. The fraction of sp³-hybridized carbons (Fsp3) is 0.857. The van der Waals surface area contributed by atoms with Crippen molar-refractivity contribution in [3.05, 3.63) is 0 Å². The molecule has 0 bridgehead atoms. The summed E-state index contributed by atoms with van der Waals surface area (Å²) in [6.07, 6.45) is 4.74. The Morgan fingerprint density at radius 2 is 2.05 bits per heavy atom. The van der Waals surface area contributed by atoms with Crippen molar-refractivity contribution in [2.75, 3.05) is 39.3 Å². The van der Waals surface area contributed by atoms with E-state index in [1.165, 1.54) is 0 Å². The van der Waals surface area contributed by atoms with E-state index in [1.54, 1.807) is 0 Å². The van der Waals surface area contributed by atoms with Crippen LogP contribution >= 0.6 is 24.0 Å². The van der Waals surface area contributed by atoms with Crippen molar-refractivity contribution in [2.45, 2.75) is 38.7 Å². The Bertz CT molecular complexity index is 340. The molecule has 2 fully saturated rings. The number of hydrogen-bond donors (Lipinski definition) is 2. The van der Waals surface area contributed by atoms with Crippen LogP contribution in [0.25, 0.3) is 0 Å². The number of hydrogen-bond acceptors (Lipinski definition) is 3. The van der Waals surface area contributed by atoms with Gasteiger partial charge in [0.1, 0.15) is 6.54 Å². The maximum Gasteiger partial charge on any atom is 0.244 e. The Morgan fingerprint density at radius 1 is 1.29 bits per heavy atom. The van der Waals surface area contributed by atoms with E-state index in [2.05, 4.69) is 15.6 Å². The summed E-state index contributed by atoms with van der Waals surface area (Å²) in [7, 11) is 0. The van der Waals surface area contributed by atoms with Crippen LogP contribution in [0.1, 0.15) is 32.6 Å². The van der Waals surface area contributed by atoms with E-state index in [4.69, 9.17) is 4.74 Å². The molecule has 0 aromatic rings. The van der Waals surface area contributed by atoms with Crippen molar-refractivity contribution in [1.29, 1.82) is 0 Å². The van der Waals surface area contributed by atoms with Gasteiger partial charge in [0.2, 0.25) is 5.91 Å². The molecule has 7 heteroatoms. The van der Waals surface area contributed by atoms with E-state index in [-0.39, 0.29) is 42.5 Å². The molecule has 1 unspecified atom stereocenters. The average molecular weight is 410 g/mol. The fourth-order valence-corrected chi connectivity index (χ4v) is 2.57. The minimum absolute atomic E-state index is 0. The van der Waals surface area contributed by atoms with Gasteiger partial charge in [-0.2, -0.15) is 0 Å². The Kier molecular flexibility index (Phi) is 8.98. The lowest BCUT2D eigenvalue weighted by atomic mass is 10.2. The second-order valence-corrected chi connectivity index (χ2v) is 5.30. The highest BCUT2D eigenvalue weighted by atomic mass is 127. The van der Waals surface area contributed by atoms with Crippen molar-refractivity contribution in [1.82, 2.24) is 15.5 Å². The molecule has 2 aliphatic rings. The number of halogens is 1. The maximum atomic E-state index is 12.0. The highest BCUT2D eigenvalue weighted by molar-refractivity contribution is 14.0. The molecule has 21 heavy (non-hydrogen) atoms. The first kappa shape index (κ1) is 18.5. The highest BCUT2D eigenvalue weighted by Crippen LogP contribution is 2.10. The van der Waals surface area contributed by atoms with Gasteiger partial charge in [-0.25, -0.2) is 4.99 Å². The van der Waals surface area contributed by atoms with Gasteiger partial charge < -0.3 is 20.3 Å². The van der Waals surface area contributed by atoms with Crippen LogP contribution in [-0.4, -0.2) is 62.2 Å². The van der Waals surface area contributed by atoms with Crippen LogP contribution in [0.5, 0.6) is 0 Å². The van der Waals surface area contributed by atoms with Crippen LogP contribution in [0.4, 0.5) is 0 Å². The van der Waals surface area contributed by atoms with Gasteiger partial charge in [0.25, 0.3) is 0 Å². The van der Waals surface area contributed by atoms with E-state index in [9.17, 15) is 4.79 Å². The molecule has 0 aromatic heterocycles. The van der Waals surface area contributed by atoms with Gasteiger partial charge in [-0.3, -0.25) is 4.79 Å². The number of amides is 1. The highest BCUT2D eigenvalue weighted by Gasteiger charge is 2.18. The number of ether oxygens (including phenoxy) is 1. The number of likely N-dealkylation sites (tertiary alicyclic amines) is 1. The van der Waals surface area contributed by atoms with Gasteiger partial charge in [-0.05, 0) is 32.6 Å². The third-order valence-corrected chi connectivity index (χ3v) is 3.70. The van der Waals surface area contributed by atoms with Crippen molar-refractivity contribution in [3.63, 3.8) is 0 Å². The normalized spacial score (nSPS) is 22.0. The summed E-state index contributed by atoms with van der Waals surface area (Å²) in [5.41, 5.74) is 0. The minimum atomic E-state index is 0. The summed E-state index contributed by atoms with van der Waals surface area (Å²) in [6.45, 7) is 6.40. The minimum Gasteiger partial charge on any atom is -0.376 e. The molecule has 2 saturated heterocycles. The Morgan fingerprint density at radius 3 is 2.67 bits per heavy atom. The molecule has 0 spiro atoms. The van der Waals surface area contributed by atoms with Gasteiger partial charge in [0.05, 0.1) is 6.10 Å². The first-order valence-electron chi connectivity index (χ1n) is 7.71. The van der Waals surface area contributed by atoms with Crippen molar-refractivity contribution in [3.8, 4) is 0 Å². The van der Waals surface area contributed by atoms with Crippen molar-refractivity contribution >= 4 is 35.8 Å².